The van der Waals surface area contributed by atoms with E-state index in [4.69, 9.17) is 34.8 Å². The molecule has 1 unspecified atom stereocenters. The van der Waals surface area contributed by atoms with Crippen molar-refractivity contribution in [1.29, 1.82) is 0 Å². The van der Waals surface area contributed by atoms with Crippen molar-refractivity contribution in [2.24, 2.45) is 0 Å². The second kappa shape index (κ2) is 15.8. The third-order valence-electron chi connectivity index (χ3n) is 6.68. The number of carbonyl (C=O) groups excluding carboxylic acids is 3. The molecule has 0 saturated carbocycles. The lowest BCUT2D eigenvalue weighted by atomic mass is 10.1. The molecular formula is C36H25Cl3FN3O3S. The number of benzene rings is 5. The van der Waals surface area contributed by atoms with E-state index in [1.165, 1.54) is 42.1 Å². The van der Waals surface area contributed by atoms with Crippen LogP contribution in [-0.2, 0) is 9.59 Å². The summed E-state index contributed by atoms with van der Waals surface area (Å²) >= 11 is 19.6. The summed E-state index contributed by atoms with van der Waals surface area (Å²) in [5.74, 6) is -1.97. The van der Waals surface area contributed by atoms with Gasteiger partial charge in [-0.1, -0.05) is 89.4 Å². The van der Waals surface area contributed by atoms with Gasteiger partial charge in [-0.2, -0.15) is 0 Å². The first-order valence-corrected chi connectivity index (χ1v) is 16.1. The Morgan fingerprint density at radius 3 is 2.02 bits per heavy atom. The average Bonchev–Trinajstić information content (AvgIpc) is 3.07. The zero-order chi connectivity index (χ0) is 33.3. The van der Waals surface area contributed by atoms with E-state index >= 15 is 0 Å². The largest absolute Gasteiger partial charge is 0.325 e. The van der Waals surface area contributed by atoms with Gasteiger partial charge in [-0.25, -0.2) is 4.39 Å². The number of nitrogens with one attached hydrogen (secondary N) is 3. The summed E-state index contributed by atoms with van der Waals surface area (Å²) in [7, 11) is 0. The molecule has 0 spiro atoms. The van der Waals surface area contributed by atoms with Crippen molar-refractivity contribution in [2.45, 2.75) is 10.1 Å². The van der Waals surface area contributed by atoms with Gasteiger partial charge >= 0.3 is 0 Å². The number of rotatable bonds is 10. The molecule has 236 valence electrons. The molecule has 0 bridgehead atoms. The SMILES string of the molecule is O=C(Nc1ccc(SC(C(=O)Nc2ccc(F)c(Cl)c2)c2ccccc2)cc1)/C(=C/c1ccc(Cl)cc1Cl)NC(=O)c1ccccc1. The van der Waals surface area contributed by atoms with Gasteiger partial charge in [0.2, 0.25) is 5.91 Å². The summed E-state index contributed by atoms with van der Waals surface area (Å²) in [6.45, 7) is 0. The van der Waals surface area contributed by atoms with Gasteiger partial charge in [-0.3, -0.25) is 14.4 Å². The van der Waals surface area contributed by atoms with Gasteiger partial charge in [0, 0.05) is 31.9 Å². The molecule has 0 aliphatic heterocycles. The highest BCUT2D eigenvalue weighted by Gasteiger charge is 2.23. The molecule has 0 aliphatic carbocycles. The summed E-state index contributed by atoms with van der Waals surface area (Å²) in [6.07, 6.45) is 1.47. The lowest BCUT2D eigenvalue weighted by Crippen LogP contribution is -2.30. The molecule has 6 nitrogen and oxygen atoms in total. The molecule has 0 aliphatic rings. The Morgan fingerprint density at radius 2 is 1.36 bits per heavy atom. The number of amides is 3. The fraction of sp³-hybridized carbons (Fsp3) is 0.0278. The Labute approximate surface area is 289 Å². The first-order chi connectivity index (χ1) is 22.7. The summed E-state index contributed by atoms with van der Waals surface area (Å²) in [4.78, 5) is 40.6. The van der Waals surface area contributed by atoms with Gasteiger partial charge in [-0.05, 0) is 83.9 Å². The van der Waals surface area contributed by atoms with Crippen LogP contribution >= 0.6 is 46.6 Å². The van der Waals surface area contributed by atoms with Crippen LogP contribution in [0.1, 0.15) is 26.7 Å². The molecule has 3 amide bonds. The molecule has 0 fully saturated rings. The summed E-state index contributed by atoms with van der Waals surface area (Å²) in [5, 5.41) is 8.26. The third-order valence-corrected chi connectivity index (χ3v) is 8.80. The van der Waals surface area contributed by atoms with E-state index < -0.39 is 22.9 Å². The van der Waals surface area contributed by atoms with E-state index in [0.717, 1.165) is 10.5 Å². The molecule has 47 heavy (non-hydrogen) atoms. The fourth-order valence-electron chi connectivity index (χ4n) is 4.35. The maximum absolute atomic E-state index is 13.7. The van der Waals surface area contributed by atoms with Crippen molar-refractivity contribution in [3.05, 3.63) is 165 Å². The van der Waals surface area contributed by atoms with E-state index in [1.54, 1.807) is 66.7 Å². The van der Waals surface area contributed by atoms with Crippen LogP contribution in [0.15, 0.2) is 132 Å². The second-order valence-corrected chi connectivity index (χ2v) is 12.5. The first kappa shape index (κ1) is 33.8. The van der Waals surface area contributed by atoms with Crippen LogP contribution < -0.4 is 16.0 Å². The lowest BCUT2D eigenvalue weighted by Gasteiger charge is -2.18. The molecule has 0 saturated heterocycles. The quantitative estimate of drug-likeness (QED) is 0.0998. The van der Waals surface area contributed by atoms with E-state index in [0.29, 0.717) is 32.5 Å². The number of hydrogen-bond donors (Lipinski definition) is 3. The third kappa shape index (κ3) is 9.24. The average molecular weight is 705 g/mol. The molecule has 3 N–H and O–H groups in total. The van der Waals surface area contributed by atoms with Crippen molar-refractivity contribution in [3.63, 3.8) is 0 Å². The number of hydrogen-bond acceptors (Lipinski definition) is 4. The van der Waals surface area contributed by atoms with Crippen molar-refractivity contribution >= 4 is 81.7 Å². The van der Waals surface area contributed by atoms with E-state index in [-0.39, 0.29) is 16.6 Å². The topological polar surface area (TPSA) is 87.3 Å². The highest BCUT2D eigenvalue weighted by atomic mass is 35.5. The number of anilines is 2. The first-order valence-electron chi connectivity index (χ1n) is 14.1. The van der Waals surface area contributed by atoms with Gasteiger partial charge in [-0.15, -0.1) is 11.8 Å². The molecule has 11 heteroatoms. The Balaban J connectivity index is 1.34. The lowest BCUT2D eigenvalue weighted by molar-refractivity contribution is -0.116. The minimum Gasteiger partial charge on any atom is -0.325 e. The van der Waals surface area contributed by atoms with Gasteiger partial charge in [0.05, 0.1) is 5.02 Å². The van der Waals surface area contributed by atoms with Crippen LogP contribution in [0.3, 0.4) is 0 Å². The van der Waals surface area contributed by atoms with Crippen molar-refractivity contribution in [3.8, 4) is 0 Å². The highest BCUT2D eigenvalue weighted by Crippen LogP contribution is 2.37. The zero-order valence-electron chi connectivity index (χ0n) is 24.3. The monoisotopic (exact) mass is 703 g/mol. The number of carbonyl (C=O) groups is 3. The molecule has 0 heterocycles. The van der Waals surface area contributed by atoms with Crippen LogP contribution in [0.25, 0.3) is 6.08 Å². The van der Waals surface area contributed by atoms with Crippen molar-refractivity contribution in [1.82, 2.24) is 5.32 Å². The number of halogens is 4. The fourth-order valence-corrected chi connectivity index (χ4v) is 6.02. The van der Waals surface area contributed by atoms with Crippen molar-refractivity contribution < 1.29 is 18.8 Å². The molecule has 1 atom stereocenters. The molecular weight excluding hydrogens is 680 g/mol. The Hall–Kier alpha value is -4.60. The molecule has 5 aromatic rings. The second-order valence-electron chi connectivity index (χ2n) is 10.0. The van der Waals surface area contributed by atoms with Crippen LogP contribution in [-0.4, -0.2) is 17.7 Å². The summed E-state index contributed by atoms with van der Waals surface area (Å²) < 4.78 is 13.7. The minimum absolute atomic E-state index is 0.0387. The van der Waals surface area contributed by atoms with E-state index in [2.05, 4.69) is 16.0 Å². The molecule has 5 aromatic carbocycles. The van der Waals surface area contributed by atoms with Crippen LogP contribution in [0.5, 0.6) is 0 Å². The predicted octanol–water partition coefficient (Wildman–Crippen LogP) is 9.67. The smallest absolute Gasteiger partial charge is 0.272 e. The van der Waals surface area contributed by atoms with Gasteiger partial charge < -0.3 is 16.0 Å². The number of thioether (sulfide) groups is 1. The Kier molecular flexibility index (Phi) is 11.3. The van der Waals surface area contributed by atoms with E-state index in [1.807, 2.05) is 30.3 Å². The van der Waals surface area contributed by atoms with Crippen LogP contribution in [0.4, 0.5) is 15.8 Å². The van der Waals surface area contributed by atoms with Crippen molar-refractivity contribution in [2.75, 3.05) is 10.6 Å². The summed E-state index contributed by atoms with van der Waals surface area (Å²) in [6, 6.07) is 33.4. The van der Waals surface area contributed by atoms with Crippen LogP contribution in [0.2, 0.25) is 15.1 Å². The maximum Gasteiger partial charge on any atom is 0.272 e. The maximum atomic E-state index is 13.7. The highest BCUT2D eigenvalue weighted by molar-refractivity contribution is 8.00. The Morgan fingerprint density at radius 1 is 0.702 bits per heavy atom. The molecule has 0 aromatic heterocycles. The molecule has 5 rings (SSSR count). The van der Waals surface area contributed by atoms with Crippen LogP contribution in [0, 0.1) is 5.82 Å². The normalized spacial score (nSPS) is 11.8. The zero-order valence-corrected chi connectivity index (χ0v) is 27.4. The standard InChI is InChI=1S/C36H25Cl3FN3O3S/c37-25-12-11-24(29(38)20-25)19-32(43-34(44)23-9-5-2-6-10-23)35(45)41-26-13-16-28(17-14-26)47-33(22-7-3-1-4-8-22)36(46)42-27-15-18-31(40)30(39)21-27/h1-21,33H,(H,41,45)(H,42,46)(H,43,44)/b32-19-. The van der Waals surface area contributed by atoms with Gasteiger partial charge in [0.15, 0.2) is 0 Å². The minimum atomic E-state index is -0.660. The predicted molar refractivity (Wildman–Crippen MR) is 188 cm³/mol. The van der Waals surface area contributed by atoms with Gasteiger partial charge in [0.1, 0.15) is 16.8 Å². The van der Waals surface area contributed by atoms with Gasteiger partial charge in [0.25, 0.3) is 11.8 Å². The summed E-state index contributed by atoms with van der Waals surface area (Å²) in [5.41, 5.74) is 2.38. The molecule has 0 radical (unpaired) electrons. The Bertz CT molecular complexity index is 1940. The van der Waals surface area contributed by atoms with E-state index in [9.17, 15) is 18.8 Å².